The van der Waals surface area contributed by atoms with Gasteiger partial charge in [0.05, 0.1) is 5.69 Å². The van der Waals surface area contributed by atoms with E-state index in [9.17, 15) is 9.59 Å². The molecule has 0 spiro atoms. The number of nitrogens with zero attached hydrogens (tertiary/aromatic N) is 1. The summed E-state index contributed by atoms with van der Waals surface area (Å²) in [6.07, 6.45) is 5.08. The number of carbonyl (C=O) groups excluding carboxylic acids is 2. The number of ether oxygens (including phenoxy) is 3. The van der Waals surface area contributed by atoms with Gasteiger partial charge in [0.1, 0.15) is 18.2 Å². The van der Waals surface area contributed by atoms with Gasteiger partial charge < -0.3 is 24.4 Å². The number of hydrogen-bond acceptors (Lipinski definition) is 7. The summed E-state index contributed by atoms with van der Waals surface area (Å²) in [5.41, 5.74) is 3.83. The van der Waals surface area contributed by atoms with Gasteiger partial charge in [-0.15, -0.1) is 0 Å². The summed E-state index contributed by atoms with van der Waals surface area (Å²) in [6.45, 7) is 12.7. The molecule has 240 valence electrons. The number of para-hydroxylation sites is 2. The molecule has 0 saturated carbocycles. The minimum absolute atomic E-state index is 0.0187. The van der Waals surface area contributed by atoms with Crippen LogP contribution in [0.2, 0.25) is 0 Å². The molecule has 0 bridgehead atoms. The third-order valence-corrected chi connectivity index (χ3v) is 7.76. The second kappa shape index (κ2) is 15.6. The first-order valence-corrected chi connectivity index (χ1v) is 16.1. The fourth-order valence-corrected chi connectivity index (χ4v) is 5.43. The van der Waals surface area contributed by atoms with Crippen molar-refractivity contribution in [2.45, 2.75) is 98.6 Å². The largest absolute Gasteiger partial charge is 0.487 e. The molecule has 1 fully saturated rings. The Morgan fingerprint density at radius 2 is 1.44 bits per heavy atom. The summed E-state index contributed by atoms with van der Waals surface area (Å²) in [5.74, 6) is -1.31. The van der Waals surface area contributed by atoms with E-state index in [4.69, 9.17) is 14.2 Å². The molecule has 0 aromatic heterocycles. The van der Waals surface area contributed by atoms with E-state index >= 15 is 0 Å². The summed E-state index contributed by atoms with van der Waals surface area (Å²) < 4.78 is 17.5. The Morgan fingerprint density at radius 3 is 2.09 bits per heavy atom. The van der Waals surface area contributed by atoms with Gasteiger partial charge >= 0.3 is 11.9 Å². The van der Waals surface area contributed by atoms with E-state index in [1.165, 1.54) is 5.56 Å². The van der Waals surface area contributed by atoms with E-state index < -0.39 is 17.7 Å². The summed E-state index contributed by atoms with van der Waals surface area (Å²) in [7, 11) is 0. The number of nitrogens with one attached hydrogen (secondary N) is 1. The molecule has 1 unspecified atom stereocenters. The first-order valence-electron chi connectivity index (χ1n) is 16.1. The molecule has 7 heteroatoms. The number of unbranched alkanes of at least 4 members (excludes halogenated alkanes) is 2. The lowest BCUT2D eigenvalue weighted by molar-refractivity contribution is -0.222. The van der Waals surface area contributed by atoms with Crippen LogP contribution >= 0.6 is 0 Å². The predicted molar refractivity (Wildman–Crippen MR) is 178 cm³/mol. The highest BCUT2D eigenvalue weighted by molar-refractivity contribution is 6.16. The summed E-state index contributed by atoms with van der Waals surface area (Å²) in [5, 5.41) is 3.45. The smallest absolute Gasteiger partial charge is 0.352 e. The highest BCUT2D eigenvalue weighted by Crippen LogP contribution is 2.33. The first-order chi connectivity index (χ1) is 21.6. The Morgan fingerprint density at radius 1 is 0.822 bits per heavy atom. The van der Waals surface area contributed by atoms with E-state index in [0.29, 0.717) is 36.3 Å². The molecule has 0 radical (unpaired) electrons. The summed E-state index contributed by atoms with van der Waals surface area (Å²) in [6, 6.07) is 26.0. The number of anilines is 1. The van der Waals surface area contributed by atoms with Crippen LogP contribution in [-0.2, 0) is 38.6 Å². The molecule has 1 heterocycles. The third-order valence-electron chi connectivity index (χ3n) is 7.76. The van der Waals surface area contributed by atoms with Crippen molar-refractivity contribution in [2.75, 3.05) is 5.32 Å². The zero-order valence-corrected chi connectivity index (χ0v) is 27.6. The molecule has 1 atom stereocenters. The monoisotopic (exact) mass is 612 g/mol. The SMILES string of the molecule is CCCCCC(C)N(Cc1ccc(CC(C)C)cc1)C(Nc1ccccc1OCc1ccccc1)=C1C(=O)OC(C)(C)OC1=O. The van der Waals surface area contributed by atoms with Crippen molar-refractivity contribution in [1.82, 2.24) is 4.90 Å². The van der Waals surface area contributed by atoms with Gasteiger partial charge in [-0.25, -0.2) is 9.59 Å². The van der Waals surface area contributed by atoms with Crippen molar-refractivity contribution in [3.05, 3.63) is 107 Å². The quantitative estimate of drug-likeness (QED) is 0.0799. The highest BCUT2D eigenvalue weighted by atomic mass is 16.7. The number of rotatable bonds is 15. The van der Waals surface area contributed by atoms with Gasteiger partial charge in [0.25, 0.3) is 5.79 Å². The first kappa shape index (κ1) is 33.6. The van der Waals surface area contributed by atoms with Crippen molar-refractivity contribution in [2.24, 2.45) is 5.92 Å². The lowest BCUT2D eigenvalue weighted by atomic mass is 10.0. The van der Waals surface area contributed by atoms with Crippen molar-refractivity contribution in [3.63, 3.8) is 0 Å². The van der Waals surface area contributed by atoms with Crippen LogP contribution in [0.25, 0.3) is 0 Å². The number of carbonyl (C=O) groups is 2. The second-order valence-corrected chi connectivity index (χ2v) is 12.7. The molecule has 45 heavy (non-hydrogen) atoms. The summed E-state index contributed by atoms with van der Waals surface area (Å²) >= 11 is 0. The van der Waals surface area contributed by atoms with E-state index in [-0.39, 0.29) is 11.6 Å². The Labute approximate surface area is 268 Å². The predicted octanol–water partition coefficient (Wildman–Crippen LogP) is 8.39. The lowest BCUT2D eigenvalue weighted by Crippen LogP contribution is -2.45. The Kier molecular flexibility index (Phi) is 11.7. The van der Waals surface area contributed by atoms with Gasteiger partial charge in [0.2, 0.25) is 0 Å². The lowest BCUT2D eigenvalue weighted by Gasteiger charge is -2.37. The number of esters is 2. The summed E-state index contributed by atoms with van der Waals surface area (Å²) in [4.78, 5) is 29.2. The van der Waals surface area contributed by atoms with Gasteiger partial charge in [0, 0.05) is 26.4 Å². The molecule has 0 aliphatic carbocycles. The fraction of sp³-hybridized carbons (Fsp3) is 0.421. The number of benzene rings is 3. The van der Waals surface area contributed by atoms with Crippen LogP contribution < -0.4 is 10.1 Å². The van der Waals surface area contributed by atoms with Gasteiger partial charge in [-0.3, -0.25) is 0 Å². The Hall–Kier alpha value is -4.26. The Balaban J connectivity index is 1.76. The fourth-order valence-electron chi connectivity index (χ4n) is 5.43. The minimum atomic E-state index is -1.36. The highest BCUT2D eigenvalue weighted by Gasteiger charge is 2.42. The number of cyclic esters (lactones) is 2. The number of hydrogen-bond donors (Lipinski definition) is 1. The topological polar surface area (TPSA) is 77.1 Å². The van der Waals surface area contributed by atoms with Crippen LogP contribution in [0.15, 0.2) is 90.3 Å². The maximum absolute atomic E-state index is 13.6. The van der Waals surface area contributed by atoms with Gasteiger partial charge in [0.15, 0.2) is 5.57 Å². The second-order valence-electron chi connectivity index (χ2n) is 12.7. The normalized spacial score (nSPS) is 14.9. The van der Waals surface area contributed by atoms with Crippen LogP contribution in [0.5, 0.6) is 5.75 Å². The molecular weight excluding hydrogens is 564 g/mol. The zero-order chi connectivity index (χ0) is 32.4. The average molecular weight is 613 g/mol. The van der Waals surface area contributed by atoms with Crippen LogP contribution in [0.1, 0.15) is 83.9 Å². The molecule has 3 aromatic carbocycles. The van der Waals surface area contributed by atoms with Gasteiger partial charge in [-0.2, -0.15) is 0 Å². The molecule has 1 aliphatic heterocycles. The van der Waals surface area contributed by atoms with Crippen molar-refractivity contribution in [3.8, 4) is 5.75 Å². The maximum Gasteiger partial charge on any atom is 0.352 e. The maximum atomic E-state index is 13.6. The van der Waals surface area contributed by atoms with Crippen molar-refractivity contribution >= 4 is 17.6 Å². The molecule has 4 rings (SSSR count). The van der Waals surface area contributed by atoms with Crippen LogP contribution in [0, 0.1) is 5.92 Å². The molecular formula is C38H48N2O5. The standard InChI is InChI=1S/C38H48N2O5/c1-7-8-10-15-28(4)40(25-30-22-20-29(21-23-30)24-27(2)3)35(34-36(41)44-38(5,6)45-37(34)42)39-32-18-13-14-19-33(32)43-26-31-16-11-9-12-17-31/h9,11-14,16-23,27-28,39H,7-8,10,15,24-26H2,1-6H3. The van der Waals surface area contributed by atoms with E-state index in [2.05, 4.69) is 62.2 Å². The third kappa shape index (κ3) is 9.61. The van der Waals surface area contributed by atoms with Crippen LogP contribution in [0.3, 0.4) is 0 Å². The van der Waals surface area contributed by atoms with Crippen LogP contribution in [-0.4, -0.2) is 28.7 Å². The van der Waals surface area contributed by atoms with Gasteiger partial charge in [-0.1, -0.05) is 107 Å². The zero-order valence-electron chi connectivity index (χ0n) is 27.6. The van der Waals surface area contributed by atoms with E-state index in [0.717, 1.165) is 43.2 Å². The molecule has 0 amide bonds. The molecule has 3 aromatic rings. The Bertz CT molecular complexity index is 1420. The van der Waals surface area contributed by atoms with Crippen molar-refractivity contribution < 1.29 is 23.8 Å². The molecule has 1 saturated heterocycles. The minimum Gasteiger partial charge on any atom is -0.487 e. The van der Waals surface area contributed by atoms with Crippen molar-refractivity contribution in [1.29, 1.82) is 0 Å². The molecule has 7 nitrogen and oxygen atoms in total. The van der Waals surface area contributed by atoms with E-state index in [1.807, 2.05) is 54.6 Å². The van der Waals surface area contributed by atoms with Gasteiger partial charge in [-0.05, 0) is 54.5 Å². The average Bonchev–Trinajstić information content (AvgIpc) is 2.99. The van der Waals surface area contributed by atoms with Crippen LogP contribution in [0.4, 0.5) is 5.69 Å². The molecule has 1 N–H and O–H groups in total. The molecule has 1 aliphatic rings. The van der Waals surface area contributed by atoms with E-state index in [1.54, 1.807) is 13.8 Å².